The largest absolute Gasteiger partial charge is 0.367 e. The van der Waals surface area contributed by atoms with Crippen LogP contribution in [0, 0.1) is 5.92 Å². The molecule has 0 N–H and O–H groups in total. The maximum atomic E-state index is 13.6. The predicted molar refractivity (Wildman–Crippen MR) is 119 cm³/mol. The van der Waals surface area contributed by atoms with Crippen LogP contribution in [0.1, 0.15) is 46.0 Å². The van der Waals surface area contributed by atoms with E-state index in [0.717, 1.165) is 22.7 Å². The van der Waals surface area contributed by atoms with E-state index in [1.807, 2.05) is 30.3 Å². The Morgan fingerprint density at radius 2 is 1.45 bits per heavy atom. The Balaban J connectivity index is 1.82. The molecule has 6 nitrogen and oxygen atoms in total. The molecule has 1 aliphatic carbocycles. The van der Waals surface area contributed by atoms with E-state index in [1.165, 1.54) is 13.1 Å². The lowest BCUT2D eigenvalue weighted by Crippen LogP contribution is -2.42. The number of likely N-dealkylation sites (tertiary alicyclic amines) is 1. The van der Waals surface area contributed by atoms with Gasteiger partial charge in [-0.1, -0.05) is 61.5 Å². The first-order chi connectivity index (χ1) is 14.8. The zero-order valence-corrected chi connectivity index (χ0v) is 18.6. The first kappa shape index (κ1) is 21.5. The average molecular weight is 439 g/mol. The van der Waals surface area contributed by atoms with Gasteiger partial charge in [0.15, 0.2) is 4.91 Å². The molecule has 0 atom stereocenters. The summed E-state index contributed by atoms with van der Waals surface area (Å²) >= 11 is 0. The van der Waals surface area contributed by atoms with Crippen LogP contribution in [0.5, 0.6) is 0 Å². The van der Waals surface area contributed by atoms with Crippen LogP contribution in [0.25, 0.3) is 0 Å². The lowest BCUT2D eigenvalue weighted by atomic mass is 9.90. The van der Waals surface area contributed by atoms with Crippen LogP contribution < -0.4 is 0 Å². The zero-order valence-electron chi connectivity index (χ0n) is 17.7. The minimum atomic E-state index is -4.20. The SMILES string of the molecule is CC1CCN(C2=C(S(=O)(=O)N(C)Cc3ccccc3)C(=O)c3ccccc3C2=O)CC1. The number of rotatable bonds is 5. The normalized spacial score (nSPS) is 18.0. The quantitative estimate of drug-likeness (QED) is 0.715. The van der Waals surface area contributed by atoms with Gasteiger partial charge in [0.2, 0.25) is 21.6 Å². The third kappa shape index (κ3) is 3.95. The number of sulfonamides is 1. The standard InChI is InChI=1S/C24H26N2O4S/c1-17-12-14-26(15-13-17)21-22(27)19-10-6-7-11-20(19)23(28)24(21)31(29,30)25(2)16-18-8-4-3-5-9-18/h3-11,17H,12-16H2,1-2H3. The fourth-order valence-electron chi connectivity index (χ4n) is 4.18. The number of hydrogen-bond donors (Lipinski definition) is 0. The minimum Gasteiger partial charge on any atom is -0.367 e. The number of carbonyl (C=O) groups is 2. The number of benzene rings is 2. The molecule has 0 unspecified atom stereocenters. The molecule has 162 valence electrons. The number of allylic oxidation sites excluding steroid dienone is 2. The van der Waals surface area contributed by atoms with Crippen molar-refractivity contribution in [1.82, 2.24) is 9.21 Å². The Morgan fingerprint density at radius 1 is 0.903 bits per heavy atom. The molecule has 4 rings (SSSR count). The van der Waals surface area contributed by atoms with Gasteiger partial charge >= 0.3 is 0 Å². The monoisotopic (exact) mass is 438 g/mol. The van der Waals surface area contributed by atoms with Crippen molar-refractivity contribution >= 4 is 21.6 Å². The number of Topliss-reactive ketones (excluding diaryl/α,β-unsaturated/α-hetero) is 2. The molecule has 2 aromatic carbocycles. The van der Waals surface area contributed by atoms with Crippen LogP contribution in [-0.2, 0) is 16.6 Å². The molecule has 1 aliphatic heterocycles. The van der Waals surface area contributed by atoms with Gasteiger partial charge < -0.3 is 4.90 Å². The van der Waals surface area contributed by atoms with Crippen molar-refractivity contribution < 1.29 is 18.0 Å². The van der Waals surface area contributed by atoms with Gasteiger partial charge in [-0.15, -0.1) is 0 Å². The summed E-state index contributed by atoms with van der Waals surface area (Å²) in [6, 6.07) is 15.7. The summed E-state index contributed by atoms with van der Waals surface area (Å²) < 4.78 is 28.4. The van der Waals surface area contributed by atoms with Crippen molar-refractivity contribution in [3.05, 3.63) is 81.9 Å². The van der Waals surface area contributed by atoms with Gasteiger partial charge in [0.25, 0.3) is 0 Å². The maximum Gasteiger partial charge on any atom is 0.249 e. The van der Waals surface area contributed by atoms with Gasteiger partial charge in [-0.05, 0) is 24.3 Å². The summed E-state index contributed by atoms with van der Waals surface area (Å²) in [6.07, 6.45) is 1.69. The molecule has 0 radical (unpaired) electrons. The van der Waals surface area contributed by atoms with Crippen LogP contribution in [0.15, 0.2) is 65.2 Å². The maximum absolute atomic E-state index is 13.6. The molecule has 1 saturated heterocycles. The molecule has 0 bridgehead atoms. The second-order valence-electron chi connectivity index (χ2n) is 8.30. The highest BCUT2D eigenvalue weighted by Crippen LogP contribution is 2.34. The fourth-order valence-corrected chi connectivity index (χ4v) is 5.62. The first-order valence-electron chi connectivity index (χ1n) is 10.5. The summed E-state index contributed by atoms with van der Waals surface area (Å²) in [6.45, 7) is 3.36. The highest BCUT2D eigenvalue weighted by molar-refractivity contribution is 7.94. The van der Waals surface area contributed by atoms with Crippen LogP contribution in [0.2, 0.25) is 0 Å². The number of fused-ring (bicyclic) bond motifs is 1. The second-order valence-corrected chi connectivity index (χ2v) is 10.3. The molecule has 0 amide bonds. The Bertz CT molecular complexity index is 1150. The summed E-state index contributed by atoms with van der Waals surface area (Å²) in [7, 11) is -2.75. The number of piperidine rings is 1. The smallest absolute Gasteiger partial charge is 0.249 e. The van der Waals surface area contributed by atoms with E-state index in [1.54, 1.807) is 23.1 Å². The third-order valence-corrected chi connectivity index (χ3v) is 7.91. The summed E-state index contributed by atoms with van der Waals surface area (Å²) in [5, 5.41) is 0. The Morgan fingerprint density at radius 3 is 2.06 bits per heavy atom. The Labute approximate surface area is 183 Å². The molecule has 2 aromatic rings. The molecule has 1 heterocycles. The van der Waals surface area contributed by atoms with E-state index < -0.39 is 26.5 Å². The van der Waals surface area contributed by atoms with E-state index in [4.69, 9.17) is 0 Å². The molecule has 0 aromatic heterocycles. The van der Waals surface area contributed by atoms with E-state index in [2.05, 4.69) is 6.92 Å². The van der Waals surface area contributed by atoms with Crippen LogP contribution in [-0.4, -0.2) is 49.3 Å². The van der Waals surface area contributed by atoms with E-state index >= 15 is 0 Å². The van der Waals surface area contributed by atoms with E-state index in [-0.39, 0.29) is 23.4 Å². The van der Waals surface area contributed by atoms with Gasteiger partial charge in [0, 0.05) is 37.8 Å². The molecule has 0 spiro atoms. The Kier molecular flexibility index (Phi) is 5.81. The molecule has 2 aliphatic rings. The van der Waals surface area contributed by atoms with E-state index in [9.17, 15) is 18.0 Å². The predicted octanol–water partition coefficient (Wildman–Crippen LogP) is 3.47. The molecule has 1 fully saturated rings. The second kappa shape index (κ2) is 8.40. The minimum absolute atomic E-state index is 0.0236. The number of ketones is 2. The lowest BCUT2D eigenvalue weighted by Gasteiger charge is -2.36. The van der Waals surface area contributed by atoms with Crippen molar-refractivity contribution in [3.8, 4) is 0 Å². The molecule has 7 heteroatoms. The van der Waals surface area contributed by atoms with Gasteiger partial charge in [0.1, 0.15) is 5.70 Å². The van der Waals surface area contributed by atoms with Crippen LogP contribution in [0.4, 0.5) is 0 Å². The van der Waals surface area contributed by atoms with Crippen molar-refractivity contribution in [2.75, 3.05) is 20.1 Å². The number of hydrogen-bond acceptors (Lipinski definition) is 5. The number of carbonyl (C=O) groups excluding carboxylic acids is 2. The highest BCUT2D eigenvalue weighted by atomic mass is 32.2. The third-order valence-electron chi connectivity index (χ3n) is 6.07. The van der Waals surface area contributed by atoms with Gasteiger partial charge in [-0.2, -0.15) is 4.31 Å². The fraction of sp³-hybridized carbons (Fsp3) is 0.333. The Hall–Kier alpha value is -2.77. The van der Waals surface area contributed by atoms with Crippen LogP contribution in [0.3, 0.4) is 0 Å². The van der Waals surface area contributed by atoms with Crippen molar-refractivity contribution in [2.45, 2.75) is 26.3 Å². The van der Waals surface area contributed by atoms with Crippen molar-refractivity contribution in [2.24, 2.45) is 5.92 Å². The molecule has 31 heavy (non-hydrogen) atoms. The van der Waals surface area contributed by atoms with Gasteiger partial charge in [-0.3, -0.25) is 9.59 Å². The van der Waals surface area contributed by atoms with Gasteiger partial charge in [0.05, 0.1) is 0 Å². The summed E-state index contributed by atoms with van der Waals surface area (Å²) in [4.78, 5) is 28.3. The van der Waals surface area contributed by atoms with E-state index in [0.29, 0.717) is 19.0 Å². The first-order valence-corrected chi connectivity index (χ1v) is 11.9. The number of nitrogens with zero attached hydrogens (tertiary/aromatic N) is 2. The zero-order chi connectivity index (χ0) is 22.2. The van der Waals surface area contributed by atoms with Crippen molar-refractivity contribution in [3.63, 3.8) is 0 Å². The van der Waals surface area contributed by atoms with Crippen molar-refractivity contribution in [1.29, 1.82) is 0 Å². The summed E-state index contributed by atoms with van der Waals surface area (Å²) in [5.41, 5.74) is 1.24. The van der Waals surface area contributed by atoms with Gasteiger partial charge in [-0.25, -0.2) is 8.42 Å². The molecular formula is C24H26N2O4S. The molecular weight excluding hydrogens is 412 g/mol. The summed E-state index contributed by atoms with van der Waals surface area (Å²) in [5.74, 6) is -0.500. The molecule has 0 saturated carbocycles. The highest BCUT2D eigenvalue weighted by Gasteiger charge is 2.43. The van der Waals surface area contributed by atoms with Crippen LogP contribution >= 0.6 is 0 Å². The topological polar surface area (TPSA) is 74.8 Å². The average Bonchev–Trinajstić information content (AvgIpc) is 2.77. The lowest BCUT2D eigenvalue weighted by molar-refractivity contribution is 0.0932.